The molecule has 0 atom stereocenters. The predicted molar refractivity (Wildman–Crippen MR) is 107 cm³/mol. The number of ether oxygens (including phenoxy) is 1. The van der Waals surface area contributed by atoms with Gasteiger partial charge >= 0.3 is 0 Å². The number of benzene rings is 1. The third kappa shape index (κ3) is 4.86. The number of carbonyl (C=O) groups excluding carboxylic acids is 2. The first-order valence-corrected chi connectivity index (χ1v) is 9.42. The molecule has 0 aliphatic carbocycles. The molecule has 0 radical (unpaired) electrons. The predicted octanol–water partition coefficient (Wildman–Crippen LogP) is 1.45. The molecule has 1 N–H and O–H groups in total. The highest BCUT2D eigenvalue weighted by Crippen LogP contribution is 2.17. The number of piperazine rings is 1. The molecule has 0 saturated carbocycles. The van der Waals surface area contributed by atoms with Gasteiger partial charge in [-0.15, -0.1) is 0 Å². The van der Waals surface area contributed by atoms with Gasteiger partial charge in [-0.1, -0.05) is 18.2 Å². The van der Waals surface area contributed by atoms with Crippen molar-refractivity contribution in [3.05, 3.63) is 59.4 Å². The highest BCUT2D eigenvalue weighted by atomic mass is 16.5. The van der Waals surface area contributed by atoms with Gasteiger partial charge in [0.2, 0.25) is 0 Å². The molecule has 7 nitrogen and oxygen atoms in total. The third-order valence-corrected chi connectivity index (χ3v) is 4.90. The lowest BCUT2D eigenvalue weighted by atomic mass is 10.1. The van der Waals surface area contributed by atoms with Crippen molar-refractivity contribution in [3.8, 4) is 5.75 Å². The van der Waals surface area contributed by atoms with Gasteiger partial charge in [0, 0.05) is 44.5 Å². The second kappa shape index (κ2) is 9.32. The van der Waals surface area contributed by atoms with E-state index in [0.717, 1.165) is 24.4 Å². The minimum atomic E-state index is -0.289. The first-order valence-electron chi connectivity index (χ1n) is 9.42. The normalized spacial score (nSPS) is 14.6. The molecule has 1 aliphatic rings. The summed E-state index contributed by atoms with van der Waals surface area (Å²) in [5, 5.41) is 2.86. The highest BCUT2D eigenvalue weighted by Gasteiger charge is 2.21. The number of aromatic nitrogens is 1. The molecule has 1 fully saturated rings. The van der Waals surface area contributed by atoms with Crippen LogP contribution in [0, 0.1) is 0 Å². The zero-order chi connectivity index (χ0) is 19.9. The maximum atomic E-state index is 12.7. The molecule has 1 aliphatic heterocycles. The van der Waals surface area contributed by atoms with Gasteiger partial charge in [-0.2, -0.15) is 0 Å². The number of nitrogens with one attached hydrogen (secondary N) is 1. The van der Waals surface area contributed by atoms with Crippen LogP contribution in [0.25, 0.3) is 0 Å². The highest BCUT2D eigenvalue weighted by molar-refractivity contribution is 5.98. The molecule has 2 amide bonds. The molecule has 0 unspecified atom stereocenters. The fourth-order valence-electron chi connectivity index (χ4n) is 3.19. The van der Waals surface area contributed by atoms with Crippen LogP contribution in [0.2, 0.25) is 0 Å². The summed E-state index contributed by atoms with van der Waals surface area (Å²) in [5.74, 6) is 0.455. The zero-order valence-corrected chi connectivity index (χ0v) is 16.4. The lowest BCUT2D eigenvalue weighted by Gasteiger charge is -2.32. The Kier molecular flexibility index (Phi) is 6.60. The number of para-hydroxylation sites is 1. The average molecular weight is 382 g/mol. The smallest absolute Gasteiger partial charge is 0.269 e. The first-order chi connectivity index (χ1) is 13.6. The molecular weight excluding hydrogens is 356 g/mol. The van der Waals surface area contributed by atoms with Crippen molar-refractivity contribution in [2.24, 2.45) is 0 Å². The number of rotatable bonds is 6. The number of hydrogen-bond acceptors (Lipinski definition) is 5. The van der Waals surface area contributed by atoms with Crippen LogP contribution in [0.1, 0.15) is 26.4 Å². The van der Waals surface area contributed by atoms with Gasteiger partial charge in [0.05, 0.1) is 7.11 Å². The maximum absolute atomic E-state index is 12.7. The van der Waals surface area contributed by atoms with E-state index in [0.29, 0.717) is 31.6 Å². The third-order valence-electron chi connectivity index (χ3n) is 4.90. The van der Waals surface area contributed by atoms with E-state index in [1.54, 1.807) is 19.2 Å². The van der Waals surface area contributed by atoms with Crippen LogP contribution in [-0.2, 0) is 6.42 Å². The average Bonchev–Trinajstić information content (AvgIpc) is 2.74. The summed E-state index contributed by atoms with van der Waals surface area (Å²) < 4.78 is 5.32. The molecular formula is C21H26N4O3. The van der Waals surface area contributed by atoms with Crippen LogP contribution in [0.15, 0.2) is 42.6 Å². The van der Waals surface area contributed by atoms with Crippen LogP contribution < -0.4 is 10.1 Å². The SMILES string of the molecule is COc1ccccc1CCNC(=O)c1cc(C(=O)N2CCN(C)CC2)ccn1. The quantitative estimate of drug-likeness (QED) is 0.819. The fourth-order valence-corrected chi connectivity index (χ4v) is 3.19. The lowest BCUT2D eigenvalue weighted by molar-refractivity contribution is 0.0664. The Hall–Kier alpha value is -2.93. The molecule has 3 rings (SSSR count). The van der Waals surface area contributed by atoms with Crippen molar-refractivity contribution in [2.75, 3.05) is 46.9 Å². The summed E-state index contributed by atoms with van der Waals surface area (Å²) >= 11 is 0. The molecule has 28 heavy (non-hydrogen) atoms. The van der Waals surface area contributed by atoms with Gasteiger partial charge in [-0.05, 0) is 37.2 Å². The Morgan fingerprint density at radius 2 is 1.89 bits per heavy atom. The molecule has 2 aromatic rings. The Labute approximate surface area is 165 Å². The van der Waals surface area contributed by atoms with Gasteiger partial charge in [-0.3, -0.25) is 14.6 Å². The van der Waals surface area contributed by atoms with Gasteiger partial charge in [0.1, 0.15) is 11.4 Å². The number of methoxy groups -OCH3 is 1. The van der Waals surface area contributed by atoms with E-state index in [4.69, 9.17) is 4.74 Å². The van der Waals surface area contributed by atoms with Crippen LogP contribution in [-0.4, -0.2) is 73.5 Å². The minimum Gasteiger partial charge on any atom is -0.496 e. The summed E-state index contributed by atoms with van der Waals surface area (Å²) in [6.07, 6.45) is 2.16. The van der Waals surface area contributed by atoms with Gasteiger partial charge in [0.25, 0.3) is 11.8 Å². The molecule has 1 aromatic carbocycles. The van der Waals surface area contributed by atoms with E-state index in [-0.39, 0.29) is 17.5 Å². The molecule has 148 valence electrons. The second-order valence-corrected chi connectivity index (χ2v) is 6.84. The second-order valence-electron chi connectivity index (χ2n) is 6.84. The van der Waals surface area contributed by atoms with Gasteiger partial charge < -0.3 is 19.9 Å². The van der Waals surface area contributed by atoms with Gasteiger partial charge in [-0.25, -0.2) is 0 Å². The minimum absolute atomic E-state index is 0.0569. The summed E-state index contributed by atoms with van der Waals surface area (Å²) in [6, 6.07) is 10.9. The molecule has 1 saturated heterocycles. The maximum Gasteiger partial charge on any atom is 0.269 e. The van der Waals surface area contributed by atoms with E-state index in [1.165, 1.54) is 6.20 Å². The Morgan fingerprint density at radius 3 is 2.64 bits per heavy atom. The largest absolute Gasteiger partial charge is 0.496 e. The van der Waals surface area contributed by atoms with E-state index in [2.05, 4.69) is 15.2 Å². The van der Waals surface area contributed by atoms with Crippen LogP contribution >= 0.6 is 0 Å². The van der Waals surface area contributed by atoms with Crippen molar-refractivity contribution in [1.29, 1.82) is 0 Å². The topological polar surface area (TPSA) is 74.8 Å². The van der Waals surface area contributed by atoms with Gasteiger partial charge in [0.15, 0.2) is 0 Å². The number of hydrogen-bond donors (Lipinski definition) is 1. The number of carbonyl (C=O) groups is 2. The standard InChI is InChI=1S/C21H26N4O3/c1-24-11-13-25(14-12-24)21(27)17-8-9-22-18(15-17)20(26)23-10-7-16-5-3-4-6-19(16)28-2/h3-6,8-9,15H,7,10-14H2,1-2H3,(H,23,26). The summed E-state index contributed by atoms with van der Waals surface area (Å²) in [6.45, 7) is 3.55. The number of pyridine rings is 1. The number of nitrogens with zero attached hydrogens (tertiary/aromatic N) is 3. The Morgan fingerprint density at radius 1 is 1.14 bits per heavy atom. The summed E-state index contributed by atoms with van der Waals surface area (Å²) in [4.78, 5) is 33.3. The Bertz CT molecular complexity index is 832. The van der Waals surface area contributed by atoms with E-state index in [1.807, 2.05) is 36.2 Å². The molecule has 1 aromatic heterocycles. The zero-order valence-electron chi connectivity index (χ0n) is 16.4. The van der Waals surface area contributed by atoms with Crippen LogP contribution in [0.3, 0.4) is 0 Å². The van der Waals surface area contributed by atoms with E-state index in [9.17, 15) is 9.59 Å². The van der Waals surface area contributed by atoms with Crippen molar-refractivity contribution < 1.29 is 14.3 Å². The lowest BCUT2D eigenvalue weighted by Crippen LogP contribution is -2.47. The van der Waals surface area contributed by atoms with Crippen LogP contribution in [0.4, 0.5) is 0 Å². The molecule has 2 heterocycles. The van der Waals surface area contributed by atoms with Crippen molar-refractivity contribution in [1.82, 2.24) is 20.1 Å². The molecule has 7 heteroatoms. The van der Waals surface area contributed by atoms with Crippen molar-refractivity contribution >= 4 is 11.8 Å². The fraction of sp³-hybridized carbons (Fsp3) is 0.381. The van der Waals surface area contributed by atoms with E-state index >= 15 is 0 Å². The van der Waals surface area contributed by atoms with Crippen molar-refractivity contribution in [3.63, 3.8) is 0 Å². The Balaban J connectivity index is 1.58. The monoisotopic (exact) mass is 382 g/mol. The summed E-state index contributed by atoms with van der Waals surface area (Å²) in [5.41, 5.74) is 1.77. The first kappa shape index (κ1) is 19.8. The van der Waals surface area contributed by atoms with Crippen LogP contribution in [0.5, 0.6) is 5.75 Å². The van der Waals surface area contributed by atoms with E-state index < -0.39 is 0 Å². The van der Waals surface area contributed by atoms with Crippen molar-refractivity contribution in [2.45, 2.75) is 6.42 Å². The summed E-state index contributed by atoms with van der Waals surface area (Å²) in [7, 11) is 3.67. The number of amides is 2. The molecule has 0 spiro atoms. The molecule has 0 bridgehead atoms. The number of likely N-dealkylation sites (N-methyl/N-ethyl adjacent to an activating group) is 1.